The lowest BCUT2D eigenvalue weighted by atomic mass is 10.1. The average molecular weight is 330 g/mol. The summed E-state index contributed by atoms with van der Waals surface area (Å²) in [6.45, 7) is 2.94. The number of hydrogen-bond donors (Lipinski definition) is 1. The number of halogens is 1. The van der Waals surface area contributed by atoms with E-state index in [2.05, 4.69) is 16.3 Å². The Kier molecular flexibility index (Phi) is 5.22. The van der Waals surface area contributed by atoms with E-state index in [-0.39, 0.29) is 6.04 Å². The standard InChI is InChI=1S/C18H20ClN3O/c19-16-11-15(7-6-14(16)12-20)21-13-17(18-5-4-10-23-18)22-8-2-1-3-9-22/h4-7,10-11,17,21H,1-3,8-9,13H2. The van der Waals surface area contributed by atoms with Crippen molar-refractivity contribution in [2.75, 3.05) is 25.0 Å². The van der Waals surface area contributed by atoms with E-state index in [1.54, 1.807) is 18.4 Å². The normalized spacial score (nSPS) is 16.7. The van der Waals surface area contributed by atoms with Crippen LogP contribution in [0, 0.1) is 11.3 Å². The zero-order valence-electron chi connectivity index (χ0n) is 13.0. The predicted octanol–water partition coefficient (Wildman–Crippen LogP) is 4.44. The molecule has 2 aromatic rings. The molecule has 120 valence electrons. The molecule has 1 aromatic heterocycles. The second-order valence-corrected chi connectivity index (χ2v) is 6.22. The van der Waals surface area contributed by atoms with Gasteiger partial charge in [-0.25, -0.2) is 0 Å². The molecule has 0 saturated carbocycles. The highest BCUT2D eigenvalue weighted by molar-refractivity contribution is 6.32. The van der Waals surface area contributed by atoms with Gasteiger partial charge in [0.25, 0.3) is 0 Å². The van der Waals surface area contributed by atoms with E-state index >= 15 is 0 Å². The van der Waals surface area contributed by atoms with E-state index < -0.39 is 0 Å². The molecular weight excluding hydrogens is 310 g/mol. The maximum atomic E-state index is 8.95. The van der Waals surface area contributed by atoms with Crippen LogP contribution in [0.5, 0.6) is 0 Å². The molecule has 1 aliphatic rings. The van der Waals surface area contributed by atoms with Crippen molar-refractivity contribution in [1.29, 1.82) is 5.26 Å². The van der Waals surface area contributed by atoms with E-state index in [4.69, 9.17) is 21.3 Å². The highest BCUT2D eigenvalue weighted by Gasteiger charge is 2.24. The molecule has 1 fully saturated rings. The Balaban J connectivity index is 1.71. The van der Waals surface area contributed by atoms with Crippen LogP contribution in [0.4, 0.5) is 5.69 Å². The van der Waals surface area contributed by atoms with Crippen molar-refractivity contribution >= 4 is 17.3 Å². The second kappa shape index (κ2) is 7.54. The summed E-state index contributed by atoms with van der Waals surface area (Å²) in [5, 5.41) is 12.9. The van der Waals surface area contributed by atoms with Gasteiger partial charge >= 0.3 is 0 Å². The Morgan fingerprint density at radius 2 is 2.09 bits per heavy atom. The number of benzene rings is 1. The van der Waals surface area contributed by atoms with Crippen LogP contribution in [0.15, 0.2) is 41.0 Å². The van der Waals surface area contributed by atoms with Crippen molar-refractivity contribution in [2.45, 2.75) is 25.3 Å². The first kappa shape index (κ1) is 15.9. The maximum Gasteiger partial charge on any atom is 0.122 e. The fourth-order valence-corrected chi connectivity index (χ4v) is 3.27. The molecule has 23 heavy (non-hydrogen) atoms. The van der Waals surface area contributed by atoms with Crippen molar-refractivity contribution in [3.63, 3.8) is 0 Å². The lowest BCUT2D eigenvalue weighted by Crippen LogP contribution is -2.37. The molecule has 4 nitrogen and oxygen atoms in total. The Morgan fingerprint density at radius 3 is 2.74 bits per heavy atom. The van der Waals surface area contributed by atoms with Crippen LogP contribution >= 0.6 is 11.6 Å². The molecular formula is C18H20ClN3O. The summed E-state index contributed by atoms with van der Waals surface area (Å²) in [5.74, 6) is 0.985. The van der Waals surface area contributed by atoms with Crippen LogP contribution in [-0.2, 0) is 0 Å². The van der Waals surface area contributed by atoms with E-state index in [9.17, 15) is 0 Å². The lowest BCUT2D eigenvalue weighted by molar-refractivity contribution is 0.153. The zero-order valence-corrected chi connectivity index (χ0v) is 13.7. The van der Waals surface area contributed by atoms with Crippen molar-refractivity contribution in [3.05, 3.63) is 52.9 Å². The number of nitrogens with zero attached hydrogens (tertiary/aromatic N) is 2. The predicted molar refractivity (Wildman–Crippen MR) is 91.5 cm³/mol. The Bertz CT molecular complexity index is 672. The molecule has 0 spiro atoms. The van der Waals surface area contributed by atoms with Gasteiger partial charge in [0.1, 0.15) is 11.8 Å². The first-order valence-electron chi connectivity index (χ1n) is 7.99. The van der Waals surface area contributed by atoms with Crippen LogP contribution < -0.4 is 5.32 Å². The molecule has 1 aliphatic heterocycles. The summed E-state index contributed by atoms with van der Waals surface area (Å²) in [5.41, 5.74) is 1.42. The van der Waals surface area contributed by atoms with Gasteiger partial charge < -0.3 is 9.73 Å². The zero-order chi connectivity index (χ0) is 16.1. The number of anilines is 1. The van der Waals surface area contributed by atoms with Gasteiger partial charge in [-0.05, 0) is 56.3 Å². The van der Waals surface area contributed by atoms with E-state index in [1.165, 1.54) is 19.3 Å². The number of nitrogens with one attached hydrogen (secondary N) is 1. The van der Waals surface area contributed by atoms with Crippen molar-refractivity contribution in [1.82, 2.24) is 4.90 Å². The highest BCUT2D eigenvalue weighted by Crippen LogP contribution is 2.26. The van der Waals surface area contributed by atoms with Crippen LogP contribution in [0.1, 0.15) is 36.6 Å². The third kappa shape index (κ3) is 3.87. The minimum Gasteiger partial charge on any atom is -0.468 e. The second-order valence-electron chi connectivity index (χ2n) is 5.82. The minimum atomic E-state index is 0.208. The van der Waals surface area contributed by atoms with Gasteiger partial charge in [0.05, 0.1) is 22.9 Å². The Hall–Kier alpha value is -1.96. The quantitative estimate of drug-likeness (QED) is 0.880. The molecule has 1 unspecified atom stereocenters. The molecule has 0 aliphatic carbocycles. The molecule has 0 amide bonds. The third-order valence-electron chi connectivity index (χ3n) is 4.29. The Labute approximate surface area is 141 Å². The third-order valence-corrected chi connectivity index (χ3v) is 4.60. The van der Waals surface area contributed by atoms with Gasteiger partial charge in [0.2, 0.25) is 0 Å². The first-order chi connectivity index (χ1) is 11.3. The van der Waals surface area contributed by atoms with Gasteiger partial charge in [0.15, 0.2) is 0 Å². The summed E-state index contributed by atoms with van der Waals surface area (Å²) in [4.78, 5) is 2.47. The molecule has 5 heteroatoms. The fourth-order valence-electron chi connectivity index (χ4n) is 3.05. The number of likely N-dealkylation sites (tertiary alicyclic amines) is 1. The molecule has 0 radical (unpaired) electrons. The van der Waals surface area contributed by atoms with Crippen LogP contribution in [-0.4, -0.2) is 24.5 Å². The van der Waals surface area contributed by atoms with Crippen molar-refractivity contribution < 1.29 is 4.42 Å². The molecule has 3 rings (SSSR count). The van der Waals surface area contributed by atoms with Gasteiger partial charge in [0, 0.05) is 12.2 Å². The largest absolute Gasteiger partial charge is 0.468 e. The topological polar surface area (TPSA) is 52.2 Å². The number of furan rings is 1. The van der Waals surface area contributed by atoms with E-state index in [1.807, 2.05) is 18.2 Å². The van der Waals surface area contributed by atoms with E-state index in [0.717, 1.165) is 31.1 Å². The van der Waals surface area contributed by atoms with Crippen LogP contribution in [0.25, 0.3) is 0 Å². The number of rotatable bonds is 5. The van der Waals surface area contributed by atoms with Crippen molar-refractivity contribution in [3.8, 4) is 6.07 Å². The average Bonchev–Trinajstić information content (AvgIpc) is 3.10. The molecule has 1 N–H and O–H groups in total. The summed E-state index contributed by atoms with van der Waals surface area (Å²) in [7, 11) is 0. The van der Waals surface area contributed by atoms with Gasteiger partial charge in [-0.15, -0.1) is 0 Å². The summed E-state index contributed by atoms with van der Waals surface area (Å²) in [6.07, 6.45) is 5.50. The minimum absolute atomic E-state index is 0.208. The number of hydrogen-bond acceptors (Lipinski definition) is 4. The van der Waals surface area contributed by atoms with Crippen molar-refractivity contribution in [2.24, 2.45) is 0 Å². The van der Waals surface area contributed by atoms with Crippen LogP contribution in [0.3, 0.4) is 0 Å². The summed E-state index contributed by atoms with van der Waals surface area (Å²) < 4.78 is 5.65. The summed E-state index contributed by atoms with van der Waals surface area (Å²) >= 11 is 6.10. The lowest BCUT2D eigenvalue weighted by Gasteiger charge is -2.33. The monoisotopic (exact) mass is 329 g/mol. The molecule has 2 heterocycles. The number of nitriles is 1. The van der Waals surface area contributed by atoms with Gasteiger partial charge in [-0.1, -0.05) is 18.0 Å². The molecule has 1 aromatic carbocycles. The SMILES string of the molecule is N#Cc1ccc(NCC(c2ccco2)N2CCCCC2)cc1Cl. The summed E-state index contributed by atoms with van der Waals surface area (Å²) in [6, 6.07) is 11.7. The molecule has 1 atom stereocenters. The van der Waals surface area contributed by atoms with Gasteiger partial charge in [-0.2, -0.15) is 5.26 Å². The van der Waals surface area contributed by atoms with E-state index in [0.29, 0.717) is 10.6 Å². The molecule has 1 saturated heterocycles. The fraction of sp³-hybridized carbons (Fsp3) is 0.389. The maximum absolute atomic E-state index is 8.95. The van der Waals surface area contributed by atoms with Gasteiger partial charge in [-0.3, -0.25) is 4.90 Å². The smallest absolute Gasteiger partial charge is 0.122 e. The first-order valence-corrected chi connectivity index (χ1v) is 8.36. The number of piperidine rings is 1. The van der Waals surface area contributed by atoms with Crippen LogP contribution in [0.2, 0.25) is 5.02 Å². The molecule has 0 bridgehead atoms. The Morgan fingerprint density at radius 1 is 1.26 bits per heavy atom. The highest BCUT2D eigenvalue weighted by atomic mass is 35.5.